The molecule has 2 rings (SSSR count). The molecule has 18 heavy (non-hydrogen) atoms. The van der Waals surface area contributed by atoms with E-state index in [2.05, 4.69) is 22.5 Å². The van der Waals surface area contributed by atoms with Crippen molar-refractivity contribution in [3.05, 3.63) is 0 Å². The van der Waals surface area contributed by atoms with Crippen LogP contribution in [0.1, 0.15) is 39.0 Å². The largest absolute Gasteiger partial charge is 0.355 e. The predicted octanol–water partition coefficient (Wildman–Crippen LogP) is 0.977. The third kappa shape index (κ3) is 4.25. The first-order valence-electron chi connectivity index (χ1n) is 7.47. The van der Waals surface area contributed by atoms with Gasteiger partial charge in [0, 0.05) is 19.0 Å². The molecule has 2 heterocycles. The fourth-order valence-electron chi connectivity index (χ4n) is 2.96. The van der Waals surface area contributed by atoms with Gasteiger partial charge in [0.2, 0.25) is 5.91 Å². The van der Waals surface area contributed by atoms with Crippen LogP contribution >= 0.6 is 0 Å². The Morgan fingerprint density at radius 2 is 2.22 bits per heavy atom. The maximum atomic E-state index is 11.8. The van der Waals surface area contributed by atoms with Crippen molar-refractivity contribution < 1.29 is 4.79 Å². The minimum Gasteiger partial charge on any atom is -0.355 e. The van der Waals surface area contributed by atoms with Crippen molar-refractivity contribution in [3.8, 4) is 0 Å². The van der Waals surface area contributed by atoms with Crippen LogP contribution in [0.25, 0.3) is 0 Å². The number of nitrogens with zero attached hydrogens (tertiary/aromatic N) is 1. The molecule has 4 nitrogen and oxygen atoms in total. The first-order chi connectivity index (χ1) is 8.75. The SMILES string of the molecule is CC(CNC(=O)CCC1CCNC1)N1CCCC1. The minimum absolute atomic E-state index is 0.230. The number of likely N-dealkylation sites (tertiary alicyclic amines) is 1. The van der Waals surface area contributed by atoms with Crippen molar-refractivity contribution in [3.63, 3.8) is 0 Å². The zero-order valence-corrected chi connectivity index (χ0v) is 11.6. The third-order valence-corrected chi connectivity index (χ3v) is 4.30. The summed E-state index contributed by atoms with van der Waals surface area (Å²) in [6.07, 6.45) is 5.59. The van der Waals surface area contributed by atoms with Crippen LogP contribution in [0.4, 0.5) is 0 Å². The van der Waals surface area contributed by atoms with Crippen LogP contribution in [0.2, 0.25) is 0 Å². The second-order valence-electron chi connectivity index (χ2n) is 5.79. The first kappa shape index (κ1) is 13.8. The van der Waals surface area contributed by atoms with E-state index >= 15 is 0 Å². The summed E-state index contributed by atoms with van der Waals surface area (Å²) in [5, 5.41) is 6.43. The van der Waals surface area contributed by atoms with Crippen molar-refractivity contribution in [2.75, 3.05) is 32.7 Å². The molecule has 2 unspecified atom stereocenters. The third-order valence-electron chi connectivity index (χ3n) is 4.30. The highest BCUT2D eigenvalue weighted by atomic mass is 16.1. The molecule has 1 amide bonds. The Kier molecular flexibility index (Phi) is 5.45. The summed E-state index contributed by atoms with van der Waals surface area (Å²) in [5.41, 5.74) is 0. The zero-order chi connectivity index (χ0) is 12.8. The predicted molar refractivity (Wildman–Crippen MR) is 73.5 cm³/mol. The topological polar surface area (TPSA) is 44.4 Å². The van der Waals surface area contributed by atoms with Gasteiger partial charge in [-0.1, -0.05) is 0 Å². The summed E-state index contributed by atoms with van der Waals surface area (Å²) in [6, 6.07) is 0.490. The molecule has 2 aliphatic heterocycles. The number of nitrogens with one attached hydrogen (secondary N) is 2. The molecule has 0 saturated carbocycles. The molecule has 104 valence electrons. The number of carbonyl (C=O) groups is 1. The van der Waals surface area contributed by atoms with E-state index in [4.69, 9.17) is 0 Å². The van der Waals surface area contributed by atoms with E-state index in [-0.39, 0.29) is 5.91 Å². The van der Waals surface area contributed by atoms with Crippen LogP contribution in [0.3, 0.4) is 0 Å². The summed E-state index contributed by atoms with van der Waals surface area (Å²) in [5.74, 6) is 0.944. The number of carbonyl (C=O) groups excluding carboxylic acids is 1. The van der Waals surface area contributed by atoms with Crippen molar-refractivity contribution >= 4 is 5.91 Å². The lowest BCUT2D eigenvalue weighted by Crippen LogP contribution is -2.40. The van der Waals surface area contributed by atoms with Crippen LogP contribution in [-0.2, 0) is 4.79 Å². The van der Waals surface area contributed by atoms with Crippen molar-refractivity contribution in [2.24, 2.45) is 5.92 Å². The second kappa shape index (κ2) is 7.10. The van der Waals surface area contributed by atoms with Gasteiger partial charge >= 0.3 is 0 Å². The fourth-order valence-corrected chi connectivity index (χ4v) is 2.96. The van der Waals surface area contributed by atoms with Gasteiger partial charge in [-0.15, -0.1) is 0 Å². The molecular weight excluding hydrogens is 226 g/mol. The number of amides is 1. The summed E-state index contributed by atoms with van der Waals surface area (Å²) in [6.45, 7) is 7.64. The van der Waals surface area contributed by atoms with E-state index in [1.807, 2.05) is 0 Å². The van der Waals surface area contributed by atoms with Gasteiger partial charge in [0.25, 0.3) is 0 Å². The average molecular weight is 253 g/mol. The highest BCUT2D eigenvalue weighted by Gasteiger charge is 2.19. The highest BCUT2D eigenvalue weighted by Crippen LogP contribution is 2.14. The molecule has 0 aromatic carbocycles. The molecule has 4 heteroatoms. The van der Waals surface area contributed by atoms with E-state index in [0.717, 1.165) is 26.1 Å². The Balaban J connectivity index is 1.55. The maximum absolute atomic E-state index is 11.8. The Labute approximate surface area is 110 Å². The lowest BCUT2D eigenvalue weighted by atomic mass is 10.0. The van der Waals surface area contributed by atoms with E-state index in [9.17, 15) is 4.79 Å². The monoisotopic (exact) mass is 253 g/mol. The Morgan fingerprint density at radius 1 is 1.44 bits per heavy atom. The van der Waals surface area contributed by atoms with Gasteiger partial charge in [0.05, 0.1) is 0 Å². The molecule has 2 aliphatic rings. The smallest absolute Gasteiger partial charge is 0.220 e. The van der Waals surface area contributed by atoms with Gasteiger partial charge in [-0.05, 0) is 64.7 Å². The molecule has 0 aliphatic carbocycles. The second-order valence-corrected chi connectivity index (χ2v) is 5.79. The van der Waals surface area contributed by atoms with Crippen LogP contribution in [0.15, 0.2) is 0 Å². The molecule has 0 radical (unpaired) electrons. The number of hydrogen-bond donors (Lipinski definition) is 2. The Morgan fingerprint density at radius 3 is 2.89 bits per heavy atom. The molecule has 0 aromatic heterocycles. The molecule has 2 atom stereocenters. The van der Waals surface area contributed by atoms with Crippen molar-refractivity contribution in [1.29, 1.82) is 0 Å². The minimum atomic E-state index is 0.230. The van der Waals surface area contributed by atoms with E-state index in [1.165, 1.54) is 32.4 Å². The Hall–Kier alpha value is -0.610. The van der Waals surface area contributed by atoms with Crippen LogP contribution < -0.4 is 10.6 Å². The molecule has 2 N–H and O–H groups in total. The number of hydrogen-bond acceptors (Lipinski definition) is 3. The standard InChI is InChI=1S/C14H27N3O/c1-12(17-8-2-3-9-17)10-16-14(18)5-4-13-6-7-15-11-13/h12-13,15H,2-11H2,1H3,(H,16,18). The normalized spacial score (nSPS) is 26.4. The molecule has 0 aromatic rings. The van der Waals surface area contributed by atoms with Crippen LogP contribution in [-0.4, -0.2) is 49.6 Å². The summed E-state index contributed by atoms with van der Waals surface area (Å²) in [4.78, 5) is 14.2. The van der Waals surface area contributed by atoms with E-state index in [1.54, 1.807) is 0 Å². The van der Waals surface area contributed by atoms with Gasteiger partial charge in [-0.2, -0.15) is 0 Å². The highest BCUT2D eigenvalue weighted by molar-refractivity contribution is 5.75. The van der Waals surface area contributed by atoms with E-state index in [0.29, 0.717) is 18.4 Å². The van der Waals surface area contributed by atoms with Crippen molar-refractivity contribution in [1.82, 2.24) is 15.5 Å². The van der Waals surface area contributed by atoms with Gasteiger partial charge in [0.1, 0.15) is 0 Å². The molecule has 0 spiro atoms. The molecule has 2 fully saturated rings. The summed E-state index contributed by atoms with van der Waals surface area (Å²) < 4.78 is 0. The summed E-state index contributed by atoms with van der Waals surface area (Å²) >= 11 is 0. The lowest BCUT2D eigenvalue weighted by Gasteiger charge is -2.23. The Bertz CT molecular complexity index is 258. The molecular formula is C14H27N3O. The zero-order valence-electron chi connectivity index (χ0n) is 11.6. The quantitative estimate of drug-likeness (QED) is 0.741. The first-order valence-corrected chi connectivity index (χ1v) is 7.47. The van der Waals surface area contributed by atoms with E-state index < -0.39 is 0 Å². The lowest BCUT2D eigenvalue weighted by molar-refractivity contribution is -0.121. The van der Waals surface area contributed by atoms with Crippen LogP contribution in [0.5, 0.6) is 0 Å². The van der Waals surface area contributed by atoms with Crippen molar-refractivity contribution in [2.45, 2.75) is 45.1 Å². The van der Waals surface area contributed by atoms with Crippen LogP contribution in [0, 0.1) is 5.92 Å². The van der Waals surface area contributed by atoms with Gasteiger partial charge in [-0.3, -0.25) is 9.69 Å². The van der Waals surface area contributed by atoms with Gasteiger partial charge < -0.3 is 10.6 Å². The molecule has 2 saturated heterocycles. The number of rotatable bonds is 6. The van der Waals surface area contributed by atoms with Gasteiger partial charge in [0.15, 0.2) is 0 Å². The molecule has 0 bridgehead atoms. The average Bonchev–Trinajstić information content (AvgIpc) is 3.05. The fraction of sp³-hybridized carbons (Fsp3) is 0.929. The maximum Gasteiger partial charge on any atom is 0.220 e. The summed E-state index contributed by atoms with van der Waals surface area (Å²) in [7, 11) is 0. The van der Waals surface area contributed by atoms with Gasteiger partial charge in [-0.25, -0.2) is 0 Å².